The zero-order valence-electron chi connectivity index (χ0n) is 23.3. The number of ether oxygens (including phenoxy) is 1. The smallest absolute Gasteiger partial charge is 0.229 e. The van der Waals surface area contributed by atoms with E-state index in [-0.39, 0.29) is 11.5 Å². The second-order valence-corrected chi connectivity index (χ2v) is 12.1. The number of hydrogen-bond acceptors (Lipinski definition) is 10. The number of aryl methyl sites for hydroxylation is 1. The molecule has 2 aliphatic heterocycles. The first-order valence-corrected chi connectivity index (χ1v) is 14.2. The molecule has 3 aromatic rings. The lowest BCUT2D eigenvalue weighted by atomic mass is 9.93. The van der Waals surface area contributed by atoms with Crippen LogP contribution in [0, 0.1) is 6.92 Å². The molecule has 1 saturated heterocycles. The van der Waals surface area contributed by atoms with Crippen LogP contribution >= 0.6 is 11.3 Å². The molecule has 2 aromatic heterocycles. The van der Waals surface area contributed by atoms with E-state index < -0.39 is 6.04 Å². The summed E-state index contributed by atoms with van der Waals surface area (Å²) in [6, 6.07) is 5.52. The molecule has 10 heteroatoms. The molecule has 1 fully saturated rings. The topological polar surface area (TPSA) is 86.7 Å². The molecule has 39 heavy (non-hydrogen) atoms. The molecule has 9 nitrogen and oxygen atoms in total. The molecule has 0 spiro atoms. The second-order valence-electron chi connectivity index (χ2n) is 11.3. The Morgan fingerprint density at radius 1 is 1.23 bits per heavy atom. The summed E-state index contributed by atoms with van der Waals surface area (Å²) in [5.74, 6) is 1.99. The van der Waals surface area contributed by atoms with Gasteiger partial charge < -0.3 is 19.7 Å². The Labute approximate surface area is 234 Å². The molecule has 0 bridgehead atoms. The van der Waals surface area contributed by atoms with Crippen LogP contribution < -0.4 is 15.1 Å². The number of thiazole rings is 1. The number of nitrogens with one attached hydrogen (secondary N) is 1. The quantitative estimate of drug-likeness (QED) is 0.288. The molecule has 1 atom stereocenters. The summed E-state index contributed by atoms with van der Waals surface area (Å²) in [6.07, 6.45) is 6.75. The Bertz CT molecular complexity index is 1340. The number of rotatable bonds is 8. The van der Waals surface area contributed by atoms with Crippen LogP contribution in [0.5, 0.6) is 5.75 Å². The van der Waals surface area contributed by atoms with Crippen molar-refractivity contribution in [3.8, 4) is 5.75 Å². The third-order valence-electron chi connectivity index (χ3n) is 7.17. The van der Waals surface area contributed by atoms with Crippen molar-refractivity contribution in [2.75, 3.05) is 37.0 Å². The van der Waals surface area contributed by atoms with Gasteiger partial charge in [0.2, 0.25) is 11.1 Å². The first-order chi connectivity index (χ1) is 18.7. The highest BCUT2D eigenvalue weighted by atomic mass is 32.1. The van der Waals surface area contributed by atoms with E-state index in [9.17, 15) is 4.79 Å². The van der Waals surface area contributed by atoms with Gasteiger partial charge in [-0.1, -0.05) is 26.8 Å². The van der Waals surface area contributed by atoms with Gasteiger partial charge >= 0.3 is 0 Å². The highest BCUT2D eigenvalue weighted by molar-refractivity contribution is 7.13. The number of carbonyl (C=O) groups is 1. The van der Waals surface area contributed by atoms with Gasteiger partial charge in [0.1, 0.15) is 24.2 Å². The lowest BCUT2D eigenvalue weighted by molar-refractivity contribution is -0.112. The number of likely N-dealkylation sites (tertiary alicyclic amines) is 1. The summed E-state index contributed by atoms with van der Waals surface area (Å²) in [5.41, 5.74) is 3.55. The Morgan fingerprint density at radius 3 is 2.64 bits per heavy atom. The Hall–Kier alpha value is -3.34. The number of hydrazine groups is 1. The largest absolute Gasteiger partial charge is 0.490 e. The van der Waals surface area contributed by atoms with Crippen LogP contribution in [0.4, 0.5) is 22.6 Å². The zero-order chi connectivity index (χ0) is 27.7. The van der Waals surface area contributed by atoms with Crippen molar-refractivity contribution in [3.63, 3.8) is 0 Å². The number of hydrogen-bond donors (Lipinski definition) is 1. The van der Waals surface area contributed by atoms with Crippen molar-refractivity contribution >= 4 is 40.2 Å². The van der Waals surface area contributed by atoms with Gasteiger partial charge in [-0.3, -0.25) is 0 Å². The van der Waals surface area contributed by atoms with E-state index in [4.69, 9.17) is 14.7 Å². The third kappa shape index (κ3) is 5.68. The molecule has 0 amide bonds. The summed E-state index contributed by atoms with van der Waals surface area (Å²) in [4.78, 5) is 28.8. The van der Waals surface area contributed by atoms with Crippen LogP contribution in [0.15, 0.2) is 42.4 Å². The molecular weight excluding hydrogens is 510 g/mol. The fraction of sp³-hybridized carbons (Fsp3) is 0.448. The predicted molar refractivity (Wildman–Crippen MR) is 156 cm³/mol. The van der Waals surface area contributed by atoms with Gasteiger partial charge in [-0.05, 0) is 50.6 Å². The standard InChI is InChI=1S/C29H37N7O2S/c1-7-12-35-23(17-37)22-16-30-27(33-26(22)36(35)28-32-25(18-39-28)29(3,4)5)31-20-8-9-24(19(2)15-20)38-21-10-13-34(6)14-11-21/h7-9,15-18,21,23H,1,10-14H2,2-6H3,(H,30,31,33). The minimum absolute atomic E-state index is 0.0932. The molecule has 2 aliphatic rings. The minimum atomic E-state index is -0.521. The Balaban J connectivity index is 1.41. The van der Waals surface area contributed by atoms with Gasteiger partial charge in [-0.15, -0.1) is 17.9 Å². The monoisotopic (exact) mass is 547 g/mol. The van der Waals surface area contributed by atoms with Gasteiger partial charge in [0.05, 0.1) is 5.69 Å². The Morgan fingerprint density at radius 2 is 2.00 bits per heavy atom. The average molecular weight is 548 g/mol. The van der Waals surface area contributed by atoms with Gasteiger partial charge in [-0.25, -0.2) is 15.0 Å². The van der Waals surface area contributed by atoms with Crippen molar-refractivity contribution < 1.29 is 9.53 Å². The van der Waals surface area contributed by atoms with E-state index in [1.54, 1.807) is 12.3 Å². The second kappa shape index (κ2) is 11.0. The SMILES string of the molecule is C=CCN1C(C=O)c2cnc(Nc3ccc(OC4CCN(C)CC4)c(C)c3)nc2N1c1nc(C(C)(C)C)cs1. The molecule has 206 valence electrons. The fourth-order valence-electron chi connectivity index (χ4n) is 4.88. The number of nitrogens with zero attached hydrogens (tertiary/aromatic N) is 6. The lowest BCUT2D eigenvalue weighted by Crippen LogP contribution is -2.37. The number of carbonyl (C=O) groups excluding carboxylic acids is 1. The van der Waals surface area contributed by atoms with E-state index in [2.05, 4.69) is 61.9 Å². The first-order valence-electron chi connectivity index (χ1n) is 13.4. The van der Waals surface area contributed by atoms with Crippen molar-refractivity contribution in [1.82, 2.24) is 24.9 Å². The van der Waals surface area contributed by atoms with Crippen LogP contribution in [0.1, 0.15) is 56.5 Å². The van der Waals surface area contributed by atoms with Crippen LogP contribution in [-0.2, 0) is 10.2 Å². The highest BCUT2D eigenvalue weighted by Crippen LogP contribution is 2.44. The average Bonchev–Trinajstić information content (AvgIpc) is 3.50. The first kappa shape index (κ1) is 27.2. The molecule has 0 saturated carbocycles. The molecule has 0 radical (unpaired) electrons. The lowest BCUT2D eigenvalue weighted by Gasteiger charge is -2.29. The van der Waals surface area contributed by atoms with E-state index in [0.717, 1.165) is 65.6 Å². The van der Waals surface area contributed by atoms with Crippen LogP contribution in [-0.4, -0.2) is 63.9 Å². The number of aldehydes is 1. The third-order valence-corrected chi connectivity index (χ3v) is 7.99. The summed E-state index contributed by atoms with van der Waals surface area (Å²) in [7, 11) is 2.15. The van der Waals surface area contributed by atoms with E-state index in [1.165, 1.54) is 11.3 Å². The normalized spacial score (nSPS) is 18.7. The maximum absolute atomic E-state index is 12.2. The molecule has 0 aliphatic carbocycles. The molecule has 5 rings (SSSR count). The zero-order valence-corrected chi connectivity index (χ0v) is 24.2. The van der Waals surface area contributed by atoms with Gasteiger partial charge in [-0.2, -0.15) is 9.99 Å². The maximum atomic E-state index is 12.2. The van der Waals surface area contributed by atoms with Gasteiger partial charge in [0.15, 0.2) is 5.82 Å². The summed E-state index contributed by atoms with van der Waals surface area (Å²) in [6.45, 7) is 14.9. The Kier molecular flexibility index (Phi) is 7.70. The van der Waals surface area contributed by atoms with Crippen LogP contribution in [0.2, 0.25) is 0 Å². The predicted octanol–water partition coefficient (Wildman–Crippen LogP) is 5.55. The van der Waals surface area contributed by atoms with Gasteiger partial charge in [0, 0.05) is 47.9 Å². The number of piperidine rings is 1. The van der Waals surface area contributed by atoms with Crippen molar-refractivity contribution in [3.05, 3.63) is 59.3 Å². The van der Waals surface area contributed by atoms with E-state index >= 15 is 0 Å². The van der Waals surface area contributed by atoms with Crippen molar-refractivity contribution in [2.24, 2.45) is 0 Å². The number of anilines is 4. The molecular formula is C29H37N7O2S. The van der Waals surface area contributed by atoms with E-state index in [1.807, 2.05) is 28.2 Å². The maximum Gasteiger partial charge on any atom is 0.229 e. The number of aromatic nitrogens is 3. The molecule has 1 unspecified atom stereocenters. The number of benzene rings is 1. The molecule has 1 N–H and O–H groups in total. The van der Waals surface area contributed by atoms with Crippen LogP contribution in [0.3, 0.4) is 0 Å². The van der Waals surface area contributed by atoms with Crippen LogP contribution in [0.25, 0.3) is 0 Å². The molecule has 4 heterocycles. The molecule has 1 aromatic carbocycles. The summed E-state index contributed by atoms with van der Waals surface area (Å²) in [5, 5.41) is 10.0. The summed E-state index contributed by atoms with van der Waals surface area (Å²) < 4.78 is 6.30. The van der Waals surface area contributed by atoms with Crippen molar-refractivity contribution in [2.45, 2.75) is 58.1 Å². The fourth-order valence-corrected chi connectivity index (χ4v) is 5.94. The minimum Gasteiger partial charge on any atom is -0.490 e. The summed E-state index contributed by atoms with van der Waals surface area (Å²) >= 11 is 1.53. The van der Waals surface area contributed by atoms with E-state index in [0.29, 0.717) is 18.3 Å². The highest BCUT2D eigenvalue weighted by Gasteiger charge is 2.40. The van der Waals surface area contributed by atoms with Crippen molar-refractivity contribution in [1.29, 1.82) is 0 Å². The number of fused-ring (bicyclic) bond motifs is 1. The van der Waals surface area contributed by atoms with Gasteiger partial charge in [0.25, 0.3) is 0 Å².